The van der Waals surface area contributed by atoms with Crippen LogP contribution in [0.2, 0.25) is 0 Å². The molecule has 0 heterocycles. The van der Waals surface area contributed by atoms with Crippen LogP contribution in [0.5, 0.6) is 0 Å². The van der Waals surface area contributed by atoms with E-state index in [0.29, 0.717) is 37.2 Å². The molecule has 0 amide bonds. The minimum Gasteiger partial charge on any atom is -0.460 e. The molecule has 4 rings (SSSR count). The molecular weight excluding hydrogens is 528 g/mol. The lowest BCUT2D eigenvalue weighted by molar-refractivity contribution is -0.234. The number of ether oxygens (including phenoxy) is 2. The van der Waals surface area contributed by atoms with Crippen LogP contribution < -0.4 is 0 Å². The highest BCUT2D eigenvalue weighted by atomic mass is 16.5. The summed E-state index contributed by atoms with van der Waals surface area (Å²) in [6, 6.07) is 0. The predicted molar refractivity (Wildman–Crippen MR) is 165 cm³/mol. The zero-order valence-corrected chi connectivity index (χ0v) is 28.0. The van der Waals surface area contributed by atoms with Crippen LogP contribution in [-0.2, 0) is 19.1 Å². The van der Waals surface area contributed by atoms with E-state index in [9.17, 15) is 19.8 Å². The fraction of sp³-hybridized carbons (Fsp3) is 0.833. The van der Waals surface area contributed by atoms with E-state index in [4.69, 9.17) is 9.47 Å². The Hall–Kier alpha value is -1.66. The molecule has 6 heteroatoms. The molecular formula is C36H58O6. The lowest BCUT2D eigenvalue weighted by Gasteiger charge is -2.69. The van der Waals surface area contributed by atoms with Gasteiger partial charge in [-0.2, -0.15) is 0 Å². The molecule has 10 atom stereocenters. The average molecular weight is 587 g/mol. The third kappa shape index (κ3) is 5.53. The van der Waals surface area contributed by atoms with E-state index in [-0.39, 0.29) is 64.1 Å². The third-order valence-corrected chi connectivity index (χ3v) is 12.3. The lowest BCUT2D eigenvalue weighted by Crippen LogP contribution is -2.65. The number of fused-ring (bicyclic) bond motifs is 5. The van der Waals surface area contributed by atoms with Crippen LogP contribution in [0.15, 0.2) is 22.8 Å². The monoisotopic (exact) mass is 586 g/mol. The number of allylic oxidation sites excluding steroid dienone is 2. The van der Waals surface area contributed by atoms with Gasteiger partial charge in [0.25, 0.3) is 0 Å². The van der Waals surface area contributed by atoms with E-state index in [1.54, 1.807) is 0 Å². The van der Waals surface area contributed by atoms with E-state index in [0.717, 1.165) is 31.3 Å². The van der Waals surface area contributed by atoms with Gasteiger partial charge in [-0.15, -0.1) is 0 Å². The first-order chi connectivity index (χ1) is 19.5. The number of rotatable bonds is 7. The van der Waals surface area contributed by atoms with Gasteiger partial charge in [0.05, 0.1) is 24.2 Å². The van der Waals surface area contributed by atoms with Gasteiger partial charge in [-0.05, 0) is 125 Å². The summed E-state index contributed by atoms with van der Waals surface area (Å²) < 4.78 is 12.1. The maximum atomic E-state index is 13.8. The number of aliphatic hydroxyl groups excluding tert-OH is 2. The largest absolute Gasteiger partial charge is 0.460 e. The van der Waals surface area contributed by atoms with Crippen molar-refractivity contribution in [1.29, 1.82) is 0 Å². The standard InChI is InChI=1S/C36H58O6/c1-20(2)12-11-13-24(33(40)41-22(5)6)30-26-18-28(38)31-34(8)16-15-27(37)23(7)25(34)14-17-35(31,9)36(26,10)19-29(30)42-32(39)21(3)4/h12,21-23,25-29,31,37-38H,11,13-19H2,1-10H3/b30-24-. The van der Waals surface area contributed by atoms with Gasteiger partial charge < -0.3 is 19.7 Å². The molecule has 4 saturated carbocycles. The first-order valence-electron chi connectivity index (χ1n) is 16.6. The minimum absolute atomic E-state index is 0.0671. The topological polar surface area (TPSA) is 93.1 Å². The maximum Gasteiger partial charge on any atom is 0.334 e. The first kappa shape index (κ1) is 33.2. The highest BCUT2D eigenvalue weighted by molar-refractivity contribution is 5.90. The van der Waals surface area contributed by atoms with Gasteiger partial charge in [-0.1, -0.05) is 53.2 Å². The van der Waals surface area contributed by atoms with E-state index < -0.39 is 12.2 Å². The molecule has 2 N–H and O–H groups in total. The fourth-order valence-electron chi connectivity index (χ4n) is 10.1. The zero-order chi connectivity index (χ0) is 31.4. The Labute approximate surface area is 254 Å². The van der Waals surface area contributed by atoms with E-state index >= 15 is 0 Å². The highest BCUT2D eigenvalue weighted by Crippen LogP contribution is 2.74. The second kappa shape index (κ2) is 12.0. The molecule has 0 aromatic heterocycles. The number of hydrogen-bond acceptors (Lipinski definition) is 6. The van der Waals surface area contributed by atoms with Crippen molar-refractivity contribution in [3.8, 4) is 0 Å². The van der Waals surface area contributed by atoms with Crippen LogP contribution in [0.25, 0.3) is 0 Å². The van der Waals surface area contributed by atoms with Crippen LogP contribution in [-0.4, -0.2) is 46.6 Å². The Morgan fingerprint density at radius 3 is 2.26 bits per heavy atom. The summed E-state index contributed by atoms with van der Waals surface area (Å²) in [5, 5.41) is 22.9. The summed E-state index contributed by atoms with van der Waals surface area (Å²) in [5.74, 6) is -0.322. The quantitative estimate of drug-likeness (QED) is 0.187. The predicted octanol–water partition coefficient (Wildman–Crippen LogP) is 7.17. The SMILES string of the molecule is CC(C)=CCC/C(C(=O)OC(C)C)=C1/C(OC(=O)C(C)C)CC2(C)C1CC(O)C1C3(C)CCC(O)C(C)C3CCC12C. The van der Waals surface area contributed by atoms with Gasteiger partial charge in [0, 0.05) is 5.57 Å². The number of carbonyl (C=O) groups is 2. The zero-order valence-electron chi connectivity index (χ0n) is 28.0. The number of esters is 2. The van der Waals surface area contributed by atoms with E-state index in [1.807, 2.05) is 27.7 Å². The summed E-state index contributed by atoms with van der Waals surface area (Å²) in [5.41, 5.74) is 2.12. The van der Waals surface area contributed by atoms with Crippen molar-refractivity contribution >= 4 is 11.9 Å². The second-order valence-electron chi connectivity index (χ2n) is 15.8. The van der Waals surface area contributed by atoms with Gasteiger partial charge in [0.1, 0.15) is 6.10 Å². The average Bonchev–Trinajstić information content (AvgIpc) is 3.15. The third-order valence-electron chi connectivity index (χ3n) is 12.3. The van der Waals surface area contributed by atoms with Crippen LogP contribution >= 0.6 is 0 Å². The molecule has 0 bridgehead atoms. The maximum absolute atomic E-state index is 13.8. The van der Waals surface area contributed by atoms with Crippen molar-refractivity contribution in [2.75, 3.05) is 0 Å². The second-order valence-corrected chi connectivity index (χ2v) is 15.8. The molecule has 6 nitrogen and oxygen atoms in total. The highest BCUT2D eigenvalue weighted by Gasteiger charge is 2.71. The number of aliphatic hydroxyl groups is 2. The summed E-state index contributed by atoms with van der Waals surface area (Å²) in [7, 11) is 0. The molecule has 0 spiro atoms. The summed E-state index contributed by atoms with van der Waals surface area (Å²) >= 11 is 0. The summed E-state index contributed by atoms with van der Waals surface area (Å²) in [6.45, 7) is 20.8. The normalized spacial score (nSPS) is 42.4. The van der Waals surface area contributed by atoms with Crippen molar-refractivity contribution in [2.45, 2.75) is 145 Å². The fourth-order valence-corrected chi connectivity index (χ4v) is 10.1. The Bertz CT molecular complexity index is 1100. The molecule has 0 aromatic rings. The molecule has 10 unspecified atom stereocenters. The molecule has 238 valence electrons. The van der Waals surface area contributed by atoms with Crippen molar-refractivity contribution < 1.29 is 29.3 Å². The first-order valence-corrected chi connectivity index (χ1v) is 16.6. The van der Waals surface area contributed by atoms with Crippen molar-refractivity contribution in [3.05, 3.63) is 22.8 Å². The Kier molecular flexibility index (Phi) is 9.52. The molecule has 0 aromatic carbocycles. The van der Waals surface area contributed by atoms with Gasteiger partial charge in [-0.25, -0.2) is 4.79 Å². The summed E-state index contributed by atoms with van der Waals surface area (Å²) in [6.07, 6.45) is 6.56. The Morgan fingerprint density at radius 2 is 1.67 bits per heavy atom. The molecule has 4 aliphatic carbocycles. The van der Waals surface area contributed by atoms with Crippen LogP contribution in [0, 0.1) is 45.8 Å². The molecule has 0 radical (unpaired) electrons. The number of hydrogen-bond donors (Lipinski definition) is 2. The van der Waals surface area contributed by atoms with Gasteiger partial charge in [0.15, 0.2) is 0 Å². The van der Waals surface area contributed by atoms with Gasteiger partial charge in [-0.3, -0.25) is 4.79 Å². The summed E-state index contributed by atoms with van der Waals surface area (Å²) in [4.78, 5) is 26.9. The number of carbonyl (C=O) groups excluding carboxylic acids is 2. The van der Waals surface area contributed by atoms with Crippen LogP contribution in [0.4, 0.5) is 0 Å². The van der Waals surface area contributed by atoms with Crippen LogP contribution in [0.3, 0.4) is 0 Å². The van der Waals surface area contributed by atoms with Crippen molar-refractivity contribution in [3.63, 3.8) is 0 Å². The van der Waals surface area contributed by atoms with E-state index in [2.05, 4.69) is 47.6 Å². The minimum atomic E-state index is -0.544. The molecule has 0 aliphatic heterocycles. The van der Waals surface area contributed by atoms with E-state index in [1.165, 1.54) is 5.57 Å². The smallest absolute Gasteiger partial charge is 0.334 e. The van der Waals surface area contributed by atoms with Crippen molar-refractivity contribution in [2.24, 2.45) is 45.8 Å². The molecule has 42 heavy (non-hydrogen) atoms. The Morgan fingerprint density at radius 1 is 1.00 bits per heavy atom. The van der Waals surface area contributed by atoms with Gasteiger partial charge in [0.2, 0.25) is 0 Å². The molecule has 4 fully saturated rings. The molecule has 4 aliphatic rings. The molecule has 0 saturated heterocycles. The lowest BCUT2D eigenvalue weighted by atomic mass is 9.36. The van der Waals surface area contributed by atoms with Gasteiger partial charge >= 0.3 is 11.9 Å². The van der Waals surface area contributed by atoms with Crippen molar-refractivity contribution in [1.82, 2.24) is 0 Å². The Balaban J connectivity index is 1.86. The van der Waals surface area contributed by atoms with Crippen LogP contribution in [0.1, 0.15) is 121 Å².